The minimum absolute atomic E-state index is 0.0328. The van der Waals surface area contributed by atoms with Crippen molar-refractivity contribution in [2.45, 2.75) is 32.3 Å². The summed E-state index contributed by atoms with van der Waals surface area (Å²) in [5.74, 6) is 2.40. The number of carbonyl (C=O) groups excluding carboxylic acids is 1. The molecule has 1 unspecified atom stereocenters. The van der Waals surface area contributed by atoms with E-state index >= 15 is 0 Å². The van der Waals surface area contributed by atoms with E-state index in [9.17, 15) is 4.79 Å². The number of nitrogens with zero attached hydrogens (tertiary/aromatic N) is 4. The van der Waals surface area contributed by atoms with Gasteiger partial charge in [-0.1, -0.05) is 26.0 Å². The van der Waals surface area contributed by atoms with Gasteiger partial charge in [-0.15, -0.1) is 10.2 Å². The second-order valence-electron chi connectivity index (χ2n) is 7.50. The molecule has 0 bridgehead atoms. The van der Waals surface area contributed by atoms with Gasteiger partial charge in [0.05, 0.1) is 6.54 Å². The van der Waals surface area contributed by atoms with Gasteiger partial charge in [0.2, 0.25) is 5.88 Å². The molecule has 28 heavy (non-hydrogen) atoms. The van der Waals surface area contributed by atoms with Gasteiger partial charge in [0, 0.05) is 33.1 Å². The lowest BCUT2D eigenvalue weighted by atomic mass is 10.0. The average molecular weight is 384 g/mol. The van der Waals surface area contributed by atoms with Crippen molar-refractivity contribution >= 4 is 11.7 Å². The second kappa shape index (κ2) is 8.91. The number of hydrogen-bond donors (Lipinski definition) is 0. The van der Waals surface area contributed by atoms with Gasteiger partial charge in [0.1, 0.15) is 11.9 Å². The maximum Gasteiger partial charge on any atom is 0.260 e. The van der Waals surface area contributed by atoms with Gasteiger partial charge in [0.15, 0.2) is 12.4 Å². The molecule has 0 N–H and O–H groups in total. The number of ether oxygens (including phenoxy) is 2. The van der Waals surface area contributed by atoms with Crippen molar-refractivity contribution in [3.8, 4) is 11.6 Å². The molecule has 7 nitrogen and oxygen atoms in total. The van der Waals surface area contributed by atoms with Crippen LogP contribution < -0.4 is 14.4 Å². The van der Waals surface area contributed by atoms with E-state index in [1.54, 1.807) is 11.0 Å². The Bertz CT molecular complexity index is 775. The molecule has 1 aliphatic heterocycles. The lowest BCUT2D eigenvalue weighted by Gasteiger charge is -2.17. The van der Waals surface area contributed by atoms with Crippen LogP contribution >= 0.6 is 0 Å². The second-order valence-corrected chi connectivity index (χ2v) is 7.50. The summed E-state index contributed by atoms with van der Waals surface area (Å²) in [4.78, 5) is 16.1. The van der Waals surface area contributed by atoms with Gasteiger partial charge in [-0.05, 0) is 29.7 Å². The van der Waals surface area contributed by atoms with Gasteiger partial charge in [-0.3, -0.25) is 4.79 Å². The zero-order valence-corrected chi connectivity index (χ0v) is 17.0. The van der Waals surface area contributed by atoms with Crippen LogP contribution in [-0.4, -0.2) is 60.9 Å². The number of rotatable bonds is 7. The first-order chi connectivity index (χ1) is 13.4. The van der Waals surface area contributed by atoms with Crippen LogP contribution in [0.2, 0.25) is 0 Å². The van der Waals surface area contributed by atoms with E-state index in [0.29, 0.717) is 30.6 Å². The molecule has 1 amide bonds. The lowest BCUT2D eigenvalue weighted by Crippen LogP contribution is -2.34. The molecule has 1 aromatic heterocycles. The number of aromatic nitrogens is 2. The van der Waals surface area contributed by atoms with Crippen LogP contribution in [0.5, 0.6) is 11.6 Å². The van der Waals surface area contributed by atoms with Crippen molar-refractivity contribution in [2.24, 2.45) is 0 Å². The average Bonchev–Trinajstić information content (AvgIpc) is 3.15. The smallest absolute Gasteiger partial charge is 0.260 e. The van der Waals surface area contributed by atoms with E-state index in [0.717, 1.165) is 12.2 Å². The van der Waals surface area contributed by atoms with Crippen LogP contribution in [0.1, 0.15) is 31.7 Å². The van der Waals surface area contributed by atoms with Crippen molar-refractivity contribution in [1.29, 1.82) is 0 Å². The third-order valence-corrected chi connectivity index (χ3v) is 4.78. The predicted octanol–water partition coefficient (Wildman–Crippen LogP) is 2.72. The Morgan fingerprint density at radius 1 is 1.18 bits per heavy atom. The van der Waals surface area contributed by atoms with E-state index in [1.807, 2.05) is 49.3 Å². The van der Waals surface area contributed by atoms with Crippen LogP contribution in [-0.2, 0) is 4.79 Å². The van der Waals surface area contributed by atoms with Gasteiger partial charge in [-0.25, -0.2) is 0 Å². The van der Waals surface area contributed by atoms with Crippen LogP contribution in [0, 0.1) is 0 Å². The Labute approximate surface area is 166 Å². The fourth-order valence-electron chi connectivity index (χ4n) is 3.02. The monoisotopic (exact) mass is 384 g/mol. The highest BCUT2D eigenvalue weighted by Gasteiger charge is 2.28. The fourth-order valence-corrected chi connectivity index (χ4v) is 3.02. The summed E-state index contributed by atoms with van der Waals surface area (Å²) in [6.07, 6.45) is 0.695. The van der Waals surface area contributed by atoms with Crippen molar-refractivity contribution in [3.05, 3.63) is 42.0 Å². The molecule has 1 aromatic carbocycles. The summed E-state index contributed by atoms with van der Waals surface area (Å²) in [7, 11) is 3.82. The SMILES string of the molecule is CC(C)c1ccc(OCC(=O)N2CCC(Oc3ccc(N(C)C)nn3)C2)cc1. The Morgan fingerprint density at radius 3 is 2.54 bits per heavy atom. The number of anilines is 1. The normalized spacial score (nSPS) is 16.3. The van der Waals surface area contributed by atoms with Crippen LogP contribution in [0.15, 0.2) is 36.4 Å². The molecule has 0 saturated carbocycles. The first kappa shape index (κ1) is 19.9. The standard InChI is InChI=1S/C21H28N4O3/c1-15(2)16-5-7-17(8-6-16)27-14-21(26)25-12-11-18(13-25)28-20-10-9-19(22-23-20)24(3)4/h5-10,15,18H,11-14H2,1-4H3. The first-order valence-corrected chi connectivity index (χ1v) is 9.60. The Morgan fingerprint density at radius 2 is 1.93 bits per heavy atom. The van der Waals surface area contributed by atoms with Crippen LogP contribution in [0.3, 0.4) is 0 Å². The zero-order valence-electron chi connectivity index (χ0n) is 17.0. The molecular formula is C21H28N4O3. The van der Waals surface area contributed by atoms with Gasteiger partial charge >= 0.3 is 0 Å². The van der Waals surface area contributed by atoms with Crippen molar-refractivity contribution < 1.29 is 14.3 Å². The quantitative estimate of drug-likeness (QED) is 0.731. The summed E-state index contributed by atoms with van der Waals surface area (Å²) in [5, 5.41) is 8.19. The van der Waals surface area contributed by atoms with Crippen LogP contribution in [0.25, 0.3) is 0 Å². The zero-order chi connectivity index (χ0) is 20.1. The highest BCUT2D eigenvalue weighted by molar-refractivity contribution is 5.78. The fraction of sp³-hybridized carbons (Fsp3) is 0.476. The number of amides is 1. The number of hydrogen-bond acceptors (Lipinski definition) is 6. The summed E-state index contributed by atoms with van der Waals surface area (Å²) in [6, 6.07) is 11.6. The van der Waals surface area contributed by atoms with Crippen LogP contribution in [0.4, 0.5) is 5.82 Å². The van der Waals surface area contributed by atoms with E-state index < -0.39 is 0 Å². The summed E-state index contributed by atoms with van der Waals surface area (Å²) in [5.41, 5.74) is 1.25. The molecule has 0 radical (unpaired) electrons. The maximum atomic E-state index is 12.4. The van der Waals surface area contributed by atoms with Crippen molar-refractivity contribution in [2.75, 3.05) is 38.7 Å². The van der Waals surface area contributed by atoms with E-state index in [1.165, 1.54) is 5.56 Å². The highest BCUT2D eigenvalue weighted by atomic mass is 16.5. The highest BCUT2D eigenvalue weighted by Crippen LogP contribution is 2.20. The third-order valence-electron chi connectivity index (χ3n) is 4.78. The molecule has 2 aromatic rings. The largest absolute Gasteiger partial charge is 0.484 e. The van der Waals surface area contributed by atoms with Crippen molar-refractivity contribution in [3.63, 3.8) is 0 Å². The number of benzene rings is 1. The van der Waals surface area contributed by atoms with E-state index in [-0.39, 0.29) is 18.6 Å². The van der Waals surface area contributed by atoms with E-state index in [4.69, 9.17) is 9.47 Å². The van der Waals surface area contributed by atoms with Gasteiger partial charge in [0.25, 0.3) is 5.91 Å². The Kier molecular flexibility index (Phi) is 6.34. The molecule has 2 heterocycles. The van der Waals surface area contributed by atoms with Crippen molar-refractivity contribution in [1.82, 2.24) is 15.1 Å². The Balaban J connectivity index is 1.45. The lowest BCUT2D eigenvalue weighted by molar-refractivity contribution is -0.132. The summed E-state index contributed by atoms with van der Waals surface area (Å²) >= 11 is 0. The third kappa shape index (κ3) is 5.12. The summed E-state index contributed by atoms with van der Waals surface area (Å²) < 4.78 is 11.5. The molecule has 7 heteroatoms. The van der Waals surface area contributed by atoms with Gasteiger partial charge in [-0.2, -0.15) is 0 Å². The Hall–Kier alpha value is -2.83. The molecule has 0 aliphatic carbocycles. The molecular weight excluding hydrogens is 356 g/mol. The molecule has 3 rings (SSSR count). The minimum atomic E-state index is -0.0752. The number of carbonyl (C=O) groups is 1. The molecule has 0 spiro atoms. The minimum Gasteiger partial charge on any atom is -0.484 e. The summed E-state index contributed by atoms with van der Waals surface area (Å²) in [6.45, 7) is 5.51. The maximum absolute atomic E-state index is 12.4. The van der Waals surface area contributed by atoms with E-state index in [2.05, 4.69) is 24.0 Å². The molecule has 1 aliphatic rings. The molecule has 1 fully saturated rings. The molecule has 1 atom stereocenters. The topological polar surface area (TPSA) is 67.8 Å². The number of likely N-dealkylation sites (tertiary alicyclic amines) is 1. The molecule has 1 saturated heterocycles. The molecule has 150 valence electrons. The van der Waals surface area contributed by atoms with Gasteiger partial charge < -0.3 is 19.3 Å². The predicted molar refractivity (Wildman–Crippen MR) is 108 cm³/mol. The first-order valence-electron chi connectivity index (χ1n) is 9.60.